The highest BCUT2D eigenvalue weighted by Crippen LogP contribution is 2.11. The second kappa shape index (κ2) is 2.99. The Kier molecular flexibility index (Phi) is 1.81. The Morgan fingerprint density at radius 2 is 2.29 bits per heavy atom. The Morgan fingerprint density at radius 1 is 1.50 bits per heavy atom. The van der Waals surface area contributed by atoms with E-state index in [-0.39, 0.29) is 5.69 Å². The molecule has 2 rings (SSSR count). The van der Waals surface area contributed by atoms with Crippen LogP contribution in [0, 0.1) is 0 Å². The third kappa shape index (κ3) is 1.17. The number of aromatic nitrogens is 4. The van der Waals surface area contributed by atoms with E-state index in [4.69, 9.17) is 5.11 Å². The van der Waals surface area contributed by atoms with Gasteiger partial charge >= 0.3 is 5.97 Å². The number of nitrogens with zero attached hydrogens (tertiary/aromatic N) is 4. The van der Waals surface area contributed by atoms with Crippen LogP contribution in [0.25, 0.3) is 5.69 Å². The van der Waals surface area contributed by atoms with Gasteiger partial charge in [-0.15, -0.1) is 0 Å². The molecule has 6 heteroatoms. The summed E-state index contributed by atoms with van der Waals surface area (Å²) in [7, 11) is 1.58. The maximum absolute atomic E-state index is 10.9. The third-order valence-corrected chi connectivity index (χ3v) is 1.87. The van der Waals surface area contributed by atoms with Gasteiger partial charge in [0.15, 0.2) is 5.69 Å². The van der Waals surface area contributed by atoms with E-state index in [2.05, 4.69) is 10.2 Å². The van der Waals surface area contributed by atoms with Crippen LogP contribution in [-0.2, 0) is 7.05 Å². The Hall–Kier alpha value is -2.11. The molecule has 14 heavy (non-hydrogen) atoms. The minimum Gasteiger partial charge on any atom is -0.476 e. The molecule has 0 saturated carbocycles. The summed E-state index contributed by atoms with van der Waals surface area (Å²) >= 11 is 0. The fourth-order valence-corrected chi connectivity index (χ4v) is 1.25. The SMILES string of the molecule is Cn1ncc(-n2cccn2)c1C(=O)O. The third-order valence-electron chi connectivity index (χ3n) is 1.87. The van der Waals surface area contributed by atoms with Gasteiger partial charge in [0.05, 0.1) is 6.20 Å². The predicted molar refractivity (Wildman–Crippen MR) is 47.3 cm³/mol. The average molecular weight is 192 g/mol. The predicted octanol–water partition coefficient (Wildman–Crippen LogP) is 0.304. The van der Waals surface area contributed by atoms with Crippen molar-refractivity contribution < 1.29 is 9.90 Å². The average Bonchev–Trinajstić information content (AvgIpc) is 2.70. The topological polar surface area (TPSA) is 72.9 Å². The summed E-state index contributed by atoms with van der Waals surface area (Å²) in [5.74, 6) is -1.02. The molecular weight excluding hydrogens is 184 g/mol. The number of aromatic carboxylic acids is 1. The zero-order valence-corrected chi connectivity index (χ0v) is 7.45. The van der Waals surface area contributed by atoms with E-state index in [9.17, 15) is 4.79 Å². The molecule has 1 N–H and O–H groups in total. The molecule has 0 aliphatic carbocycles. The van der Waals surface area contributed by atoms with E-state index >= 15 is 0 Å². The van der Waals surface area contributed by atoms with E-state index in [1.165, 1.54) is 15.6 Å². The van der Waals surface area contributed by atoms with Gasteiger partial charge in [-0.25, -0.2) is 9.48 Å². The molecule has 0 radical (unpaired) electrons. The number of hydrogen-bond donors (Lipinski definition) is 1. The van der Waals surface area contributed by atoms with Gasteiger partial charge in [-0.2, -0.15) is 10.2 Å². The Bertz CT molecular complexity index is 458. The summed E-state index contributed by atoms with van der Waals surface area (Å²) < 4.78 is 2.77. The van der Waals surface area contributed by atoms with Gasteiger partial charge in [-0.05, 0) is 6.07 Å². The molecular formula is C8H8N4O2. The van der Waals surface area contributed by atoms with Gasteiger partial charge < -0.3 is 5.11 Å². The number of rotatable bonds is 2. The minimum atomic E-state index is -1.02. The molecule has 0 bridgehead atoms. The van der Waals surface area contributed by atoms with Crippen LogP contribution >= 0.6 is 0 Å². The van der Waals surface area contributed by atoms with Crippen molar-refractivity contribution in [2.45, 2.75) is 0 Å². The molecule has 0 aromatic carbocycles. The van der Waals surface area contributed by atoms with Gasteiger partial charge in [-0.1, -0.05) is 0 Å². The van der Waals surface area contributed by atoms with Crippen LogP contribution in [-0.4, -0.2) is 30.6 Å². The first-order valence-corrected chi connectivity index (χ1v) is 3.95. The monoisotopic (exact) mass is 192 g/mol. The molecule has 0 atom stereocenters. The standard InChI is InChI=1S/C8H8N4O2/c1-11-7(8(13)14)6(5-10-11)12-4-2-3-9-12/h2-5H,1H3,(H,13,14). The van der Waals surface area contributed by atoms with Crippen LogP contribution in [0.4, 0.5) is 0 Å². The van der Waals surface area contributed by atoms with Gasteiger partial charge in [0, 0.05) is 19.4 Å². The molecule has 2 aromatic rings. The van der Waals surface area contributed by atoms with Crippen LogP contribution in [0.2, 0.25) is 0 Å². The van der Waals surface area contributed by atoms with Crippen LogP contribution in [0.3, 0.4) is 0 Å². The zero-order chi connectivity index (χ0) is 10.1. The number of carbonyl (C=O) groups is 1. The van der Waals surface area contributed by atoms with Crippen molar-refractivity contribution >= 4 is 5.97 Å². The summed E-state index contributed by atoms with van der Waals surface area (Å²) in [6, 6.07) is 1.72. The van der Waals surface area contributed by atoms with Crippen LogP contribution in [0.1, 0.15) is 10.5 Å². The second-order valence-corrected chi connectivity index (χ2v) is 2.76. The summed E-state index contributed by atoms with van der Waals surface area (Å²) in [5.41, 5.74) is 0.582. The van der Waals surface area contributed by atoms with E-state index in [0.717, 1.165) is 0 Å². The Balaban J connectivity index is 2.60. The lowest BCUT2D eigenvalue weighted by molar-refractivity contribution is 0.0685. The van der Waals surface area contributed by atoms with Crippen molar-refractivity contribution in [1.82, 2.24) is 19.6 Å². The smallest absolute Gasteiger partial charge is 0.356 e. The van der Waals surface area contributed by atoms with Crippen LogP contribution in [0.15, 0.2) is 24.7 Å². The summed E-state index contributed by atoms with van der Waals surface area (Å²) in [4.78, 5) is 10.9. The zero-order valence-electron chi connectivity index (χ0n) is 7.45. The molecule has 0 amide bonds. The number of aryl methyl sites for hydroxylation is 1. The van der Waals surface area contributed by atoms with E-state index in [1.54, 1.807) is 25.5 Å². The minimum absolute atomic E-state index is 0.119. The molecule has 0 spiro atoms. The van der Waals surface area contributed by atoms with Gasteiger partial charge in [0.2, 0.25) is 0 Å². The highest BCUT2D eigenvalue weighted by Gasteiger charge is 2.16. The molecule has 0 saturated heterocycles. The molecule has 0 unspecified atom stereocenters. The molecule has 2 aromatic heterocycles. The first kappa shape index (κ1) is 8.49. The first-order valence-electron chi connectivity index (χ1n) is 3.95. The number of carboxylic acid groups (broad SMARTS) is 1. The van der Waals surface area contributed by atoms with Crippen LogP contribution in [0.5, 0.6) is 0 Å². The summed E-state index contributed by atoms with van der Waals surface area (Å²) in [6.07, 6.45) is 4.72. The second-order valence-electron chi connectivity index (χ2n) is 2.76. The van der Waals surface area contributed by atoms with Gasteiger partial charge in [0.1, 0.15) is 5.69 Å². The largest absolute Gasteiger partial charge is 0.476 e. The number of carboxylic acids is 1. The van der Waals surface area contributed by atoms with Crippen molar-refractivity contribution in [1.29, 1.82) is 0 Å². The first-order chi connectivity index (χ1) is 6.70. The fraction of sp³-hybridized carbons (Fsp3) is 0.125. The van der Waals surface area contributed by atoms with Crippen molar-refractivity contribution in [3.8, 4) is 5.69 Å². The molecule has 0 aliphatic heterocycles. The van der Waals surface area contributed by atoms with Crippen molar-refractivity contribution in [2.24, 2.45) is 7.05 Å². The van der Waals surface area contributed by atoms with Crippen LogP contribution < -0.4 is 0 Å². The highest BCUT2D eigenvalue weighted by molar-refractivity contribution is 5.89. The highest BCUT2D eigenvalue weighted by atomic mass is 16.4. The van der Waals surface area contributed by atoms with Crippen molar-refractivity contribution in [3.63, 3.8) is 0 Å². The van der Waals surface area contributed by atoms with E-state index < -0.39 is 5.97 Å². The Morgan fingerprint density at radius 3 is 2.86 bits per heavy atom. The maximum atomic E-state index is 10.9. The molecule has 2 heterocycles. The summed E-state index contributed by atoms with van der Waals surface area (Å²) in [5, 5.41) is 16.7. The fourth-order valence-electron chi connectivity index (χ4n) is 1.25. The lowest BCUT2D eigenvalue weighted by Crippen LogP contribution is -2.09. The lowest BCUT2D eigenvalue weighted by atomic mass is 10.3. The molecule has 72 valence electrons. The van der Waals surface area contributed by atoms with E-state index in [1.807, 2.05) is 0 Å². The molecule has 0 aliphatic rings. The summed E-state index contributed by atoms with van der Waals surface area (Å²) in [6.45, 7) is 0. The van der Waals surface area contributed by atoms with Gasteiger partial charge in [0.25, 0.3) is 0 Å². The molecule has 0 fully saturated rings. The lowest BCUT2D eigenvalue weighted by Gasteiger charge is -2.00. The van der Waals surface area contributed by atoms with Crippen molar-refractivity contribution in [2.75, 3.05) is 0 Å². The normalized spacial score (nSPS) is 10.4. The van der Waals surface area contributed by atoms with E-state index in [0.29, 0.717) is 5.69 Å². The quantitative estimate of drug-likeness (QED) is 0.742. The molecule has 6 nitrogen and oxygen atoms in total. The van der Waals surface area contributed by atoms with Crippen molar-refractivity contribution in [3.05, 3.63) is 30.4 Å². The Labute approximate surface area is 79.4 Å². The maximum Gasteiger partial charge on any atom is 0.356 e. The van der Waals surface area contributed by atoms with Gasteiger partial charge in [-0.3, -0.25) is 4.68 Å². The number of hydrogen-bond acceptors (Lipinski definition) is 3.